The summed E-state index contributed by atoms with van der Waals surface area (Å²) >= 11 is 0. The molecular formula is C9H12O3. The van der Waals surface area contributed by atoms with E-state index in [1.165, 1.54) is 18.2 Å². The Balaban J connectivity index is 3.85. The number of carbonyl (C=O) groups excluding carboxylic acids is 2. The quantitative estimate of drug-likeness (QED) is 0.365. The zero-order chi connectivity index (χ0) is 9.40. The highest BCUT2D eigenvalue weighted by Gasteiger charge is 2.01. The van der Waals surface area contributed by atoms with Crippen LogP contribution in [0.5, 0.6) is 0 Å². The van der Waals surface area contributed by atoms with E-state index in [-0.39, 0.29) is 0 Å². The summed E-state index contributed by atoms with van der Waals surface area (Å²) < 4.78 is 4.34. The van der Waals surface area contributed by atoms with Crippen LogP contribution in [0.4, 0.5) is 0 Å². The predicted octanol–water partition coefficient (Wildman–Crippen LogP) is 1.60. The lowest BCUT2D eigenvalue weighted by Crippen LogP contribution is -2.06. The van der Waals surface area contributed by atoms with E-state index in [1.807, 2.05) is 6.92 Å². The number of rotatable bonds is 3. The molecule has 0 atom stereocenters. The van der Waals surface area contributed by atoms with Gasteiger partial charge in [-0.3, -0.25) is 0 Å². The van der Waals surface area contributed by atoms with Gasteiger partial charge in [-0.1, -0.05) is 19.1 Å². The molecule has 0 aromatic heterocycles. The second-order valence-corrected chi connectivity index (χ2v) is 2.05. The molecule has 0 aromatic rings. The van der Waals surface area contributed by atoms with Crippen LogP contribution in [0.3, 0.4) is 0 Å². The van der Waals surface area contributed by atoms with Gasteiger partial charge in [0.1, 0.15) is 0 Å². The van der Waals surface area contributed by atoms with E-state index in [2.05, 4.69) is 4.74 Å². The van der Waals surface area contributed by atoms with Crippen LogP contribution in [0.25, 0.3) is 0 Å². The smallest absolute Gasteiger partial charge is 0.338 e. The molecule has 0 aliphatic rings. The average molecular weight is 168 g/mol. The van der Waals surface area contributed by atoms with Crippen molar-refractivity contribution in [2.24, 2.45) is 0 Å². The molecule has 3 nitrogen and oxygen atoms in total. The Kier molecular flexibility index (Phi) is 5.61. The Morgan fingerprint density at radius 3 is 2.33 bits per heavy atom. The molecule has 0 saturated heterocycles. The molecule has 0 amide bonds. The Bertz CT molecular complexity index is 214. The van der Waals surface area contributed by atoms with E-state index < -0.39 is 11.9 Å². The molecule has 3 heteroatoms. The number of carbonyl (C=O) groups is 2. The fourth-order valence-electron chi connectivity index (χ4n) is 0.517. The van der Waals surface area contributed by atoms with Gasteiger partial charge < -0.3 is 4.74 Å². The Labute approximate surface area is 71.7 Å². The standard InChI is InChI=1S/C9H12O3/c1-3-5-7-9(11)12-8(10)6-4-2/h4-7H,3H2,1-2H3. The monoisotopic (exact) mass is 168 g/mol. The minimum atomic E-state index is -0.636. The van der Waals surface area contributed by atoms with Crippen molar-refractivity contribution < 1.29 is 14.3 Å². The summed E-state index contributed by atoms with van der Waals surface area (Å²) in [5.74, 6) is -1.26. The van der Waals surface area contributed by atoms with Crippen LogP contribution in [-0.2, 0) is 14.3 Å². The largest absolute Gasteiger partial charge is 0.387 e. The van der Waals surface area contributed by atoms with Gasteiger partial charge in [0.25, 0.3) is 0 Å². The lowest BCUT2D eigenvalue weighted by Gasteiger charge is -1.92. The molecule has 0 aliphatic carbocycles. The van der Waals surface area contributed by atoms with Gasteiger partial charge in [0.2, 0.25) is 0 Å². The van der Waals surface area contributed by atoms with Crippen LogP contribution in [-0.4, -0.2) is 11.9 Å². The summed E-state index contributed by atoms with van der Waals surface area (Å²) in [6, 6.07) is 0. The van der Waals surface area contributed by atoms with Crippen LogP contribution in [0, 0.1) is 0 Å². The average Bonchev–Trinajstić information content (AvgIpc) is 2.01. The molecular weight excluding hydrogens is 156 g/mol. The van der Waals surface area contributed by atoms with Crippen molar-refractivity contribution in [2.75, 3.05) is 0 Å². The zero-order valence-electron chi connectivity index (χ0n) is 7.24. The Morgan fingerprint density at radius 1 is 1.25 bits per heavy atom. The number of hydrogen-bond acceptors (Lipinski definition) is 3. The molecule has 0 bridgehead atoms. The number of allylic oxidation sites excluding steroid dienone is 2. The van der Waals surface area contributed by atoms with E-state index in [0.717, 1.165) is 6.42 Å². The normalized spacial score (nSPS) is 10.8. The number of hydrogen-bond donors (Lipinski definition) is 0. The van der Waals surface area contributed by atoms with Crippen molar-refractivity contribution in [2.45, 2.75) is 20.3 Å². The van der Waals surface area contributed by atoms with Crippen LogP contribution in [0.15, 0.2) is 24.3 Å². The first-order valence-electron chi connectivity index (χ1n) is 3.75. The van der Waals surface area contributed by atoms with E-state index in [9.17, 15) is 9.59 Å². The molecule has 0 rings (SSSR count). The summed E-state index contributed by atoms with van der Waals surface area (Å²) in [5, 5.41) is 0. The molecule has 0 aliphatic heterocycles. The van der Waals surface area contributed by atoms with Crippen LogP contribution < -0.4 is 0 Å². The summed E-state index contributed by atoms with van der Waals surface area (Å²) in [7, 11) is 0. The third-order valence-electron chi connectivity index (χ3n) is 0.994. The third-order valence-corrected chi connectivity index (χ3v) is 0.994. The van der Waals surface area contributed by atoms with Crippen LogP contribution in [0.1, 0.15) is 20.3 Å². The lowest BCUT2D eigenvalue weighted by atomic mass is 10.4. The molecule has 0 radical (unpaired) electrons. The molecule has 0 saturated carbocycles. The van der Waals surface area contributed by atoms with Crippen molar-refractivity contribution >= 4 is 11.9 Å². The maximum absolute atomic E-state index is 10.7. The van der Waals surface area contributed by atoms with Crippen LogP contribution in [0.2, 0.25) is 0 Å². The molecule has 0 unspecified atom stereocenters. The molecule has 0 fully saturated rings. The van der Waals surface area contributed by atoms with Crippen molar-refractivity contribution in [3.63, 3.8) is 0 Å². The second kappa shape index (κ2) is 6.34. The van der Waals surface area contributed by atoms with Crippen molar-refractivity contribution in [1.82, 2.24) is 0 Å². The molecule has 0 heterocycles. The summed E-state index contributed by atoms with van der Waals surface area (Å²) in [5.41, 5.74) is 0. The SMILES string of the molecule is CC=CC(=O)OC(=O)C=CCC. The van der Waals surface area contributed by atoms with Gasteiger partial charge in [0.15, 0.2) is 0 Å². The first-order valence-corrected chi connectivity index (χ1v) is 3.75. The molecule has 66 valence electrons. The molecule has 12 heavy (non-hydrogen) atoms. The van der Waals surface area contributed by atoms with Gasteiger partial charge in [0.05, 0.1) is 0 Å². The topological polar surface area (TPSA) is 43.4 Å². The van der Waals surface area contributed by atoms with Gasteiger partial charge >= 0.3 is 11.9 Å². The third kappa shape index (κ3) is 5.41. The lowest BCUT2D eigenvalue weighted by molar-refractivity contribution is -0.152. The number of ether oxygens (including phenoxy) is 1. The fourth-order valence-corrected chi connectivity index (χ4v) is 0.517. The zero-order valence-corrected chi connectivity index (χ0v) is 7.24. The fraction of sp³-hybridized carbons (Fsp3) is 0.333. The van der Waals surface area contributed by atoms with Gasteiger partial charge in [0, 0.05) is 12.2 Å². The van der Waals surface area contributed by atoms with Crippen molar-refractivity contribution in [3.8, 4) is 0 Å². The number of esters is 2. The van der Waals surface area contributed by atoms with Gasteiger partial charge in [-0.25, -0.2) is 9.59 Å². The summed E-state index contributed by atoms with van der Waals surface area (Å²) in [6.45, 7) is 3.56. The van der Waals surface area contributed by atoms with Crippen LogP contribution >= 0.6 is 0 Å². The van der Waals surface area contributed by atoms with E-state index in [0.29, 0.717) is 0 Å². The molecule has 0 aromatic carbocycles. The molecule has 0 spiro atoms. The minimum Gasteiger partial charge on any atom is -0.387 e. The Morgan fingerprint density at radius 2 is 1.83 bits per heavy atom. The molecule has 0 N–H and O–H groups in total. The first kappa shape index (κ1) is 10.6. The minimum absolute atomic E-state index is 0.625. The van der Waals surface area contributed by atoms with Gasteiger partial charge in [-0.2, -0.15) is 0 Å². The van der Waals surface area contributed by atoms with Gasteiger partial charge in [-0.15, -0.1) is 0 Å². The highest BCUT2D eigenvalue weighted by Crippen LogP contribution is 1.87. The maximum atomic E-state index is 10.7. The van der Waals surface area contributed by atoms with E-state index >= 15 is 0 Å². The highest BCUT2D eigenvalue weighted by atomic mass is 16.6. The van der Waals surface area contributed by atoms with E-state index in [1.54, 1.807) is 13.0 Å². The van der Waals surface area contributed by atoms with Crippen molar-refractivity contribution in [3.05, 3.63) is 24.3 Å². The first-order chi connectivity index (χ1) is 5.70. The Hall–Kier alpha value is -1.38. The maximum Gasteiger partial charge on any atom is 0.338 e. The summed E-state index contributed by atoms with van der Waals surface area (Å²) in [4.78, 5) is 21.4. The summed E-state index contributed by atoms with van der Waals surface area (Å²) in [6.07, 6.45) is 6.32. The van der Waals surface area contributed by atoms with Crippen molar-refractivity contribution in [1.29, 1.82) is 0 Å². The highest BCUT2D eigenvalue weighted by molar-refractivity contribution is 5.96. The van der Waals surface area contributed by atoms with E-state index in [4.69, 9.17) is 0 Å². The van der Waals surface area contributed by atoms with Gasteiger partial charge in [-0.05, 0) is 13.3 Å². The second-order valence-electron chi connectivity index (χ2n) is 2.05. The predicted molar refractivity (Wildman–Crippen MR) is 45.3 cm³/mol.